The smallest absolute Gasteiger partial charge is 0.312 e. The number of carbonyl (C=O) groups excluding carboxylic acids is 1. The van der Waals surface area contributed by atoms with Crippen molar-refractivity contribution >= 4 is 34.3 Å². The van der Waals surface area contributed by atoms with Gasteiger partial charge in [-0.1, -0.05) is 24.0 Å². The first-order valence-electron chi connectivity index (χ1n) is 3.75. The molecule has 1 heterocycles. The molecular weight excluding hydrogens is 192 g/mol. The zero-order valence-electron chi connectivity index (χ0n) is 7.40. The Morgan fingerprint density at radius 3 is 2.67 bits per heavy atom. The average Bonchev–Trinajstić information content (AvgIpc) is 2.00. The second-order valence-corrected chi connectivity index (χ2v) is 4.52. The van der Waals surface area contributed by atoms with Crippen LogP contribution in [-0.2, 0) is 0 Å². The normalized spacial score (nSPS) is 19.3. The van der Waals surface area contributed by atoms with E-state index in [1.165, 1.54) is 16.7 Å². The lowest BCUT2D eigenvalue weighted by molar-refractivity contribution is 0.177. The summed E-state index contributed by atoms with van der Waals surface area (Å²) in [7, 11) is 1.71. The van der Waals surface area contributed by atoms with E-state index in [2.05, 4.69) is 0 Å². The minimum Gasteiger partial charge on any atom is -0.312 e. The number of carbonyl (C=O) groups is 1. The second kappa shape index (κ2) is 3.62. The molecule has 2 amide bonds. The molecule has 0 aromatic carbocycles. The lowest BCUT2D eigenvalue weighted by atomic mass is 10.3. The van der Waals surface area contributed by atoms with Crippen molar-refractivity contribution in [1.82, 2.24) is 9.80 Å². The summed E-state index contributed by atoms with van der Waals surface area (Å²) in [5, 5.41) is 0. The maximum absolute atomic E-state index is 11.5. The predicted molar refractivity (Wildman–Crippen MR) is 55.2 cm³/mol. The van der Waals surface area contributed by atoms with Crippen LogP contribution in [0.25, 0.3) is 0 Å². The molecule has 0 atom stereocenters. The van der Waals surface area contributed by atoms with Crippen LogP contribution in [-0.4, -0.2) is 39.1 Å². The average molecular weight is 204 g/mol. The number of amides is 2. The molecule has 1 aliphatic heterocycles. The van der Waals surface area contributed by atoms with Gasteiger partial charge in [0.15, 0.2) is 0 Å². The van der Waals surface area contributed by atoms with E-state index in [9.17, 15) is 4.79 Å². The van der Waals surface area contributed by atoms with Crippen LogP contribution in [0.2, 0.25) is 0 Å². The van der Waals surface area contributed by atoms with Crippen molar-refractivity contribution < 1.29 is 4.79 Å². The van der Waals surface area contributed by atoms with Crippen LogP contribution < -0.4 is 0 Å². The molecule has 12 heavy (non-hydrogen) atoms. The van der Waals surface area contributed by atoms with Gasteiger partial charge in [0.05, 0.1) is 5.88 Å². The molecule has 68 valence electrons. The van der Waals surface area contributed by atoms with E-state index >= 15 is 0 Å². The third-order valence-electron chi connectivity index (χ3n) is 1.76. The lowest BCUT2D eigenvalue weighted by Crippen LogP contribution is -2.49. The van der Waals surface area contributed by atoms with E-state index in [-0.39, 0.29) is 12.1 Å². The van der Waals surface area contributed by atoms with Gasteiger partial charge in [0.1, 0.15) is 4.32 Å². The highest BCUT2D eigenvalue weighted by atomic mass is 32.2. The molecule has 0 radical (unpaired) electrons. The van der Waals surface area contributed by atoms with Crippen LogP contribution in [0.1, 0.15) is 13.8 Å². The van der Waals surface area contributed by atoms with Crippen LogP contribution in [0.15, 0.2) is 0 Å². The van der Waals surface area contributed by atoms with Crippen molar-refractivity contribution in [3.05, 3.63) is 0 Å². The summed E-state index contributed by atoms with van der Waals surface area (Å²) in [5.41, 5.74) is 0. The van der Waals surface area contributed by atoms with Crippen LogP contribution in [0.3, 0.4) is 0 Å². The molecule has 0 aliphatic carbocycles. The van der Waals surface area contributed by atoms with Crippen LogP contribution >= 0.6 is 24.0 Å². The van der Waals surface area contributed by atoms with E-state index in [1.54, 1.807) is 11.9 Å². The molecule has 0 bridgehead atoms. The Balaban J connectivity index is 2.72. The van der Waals surface area contributed by atoms with Crippen molar-refractivity contribution in [2.24, 2.45) is 0 Å². The van der Waals surface area contributed by atoms with Crippen molar-refractivity contribution in [3.8, 4) is 0 Å². The standard InChI is InChI=1S/C7H12N2OS2/c1-5(2)9-4-12-7(11)8(3)6(9)10/h5H,4H2,1-3H3. The molecule has 5 heteroatoms. The molecule has 1 saturated heterocycles. The minimum atomic E-state index is 0.00810. The Bertz CT molecular complexity index is 217. The highest BCUT2D eigenvalue weighted by molar-refractivity contribution is 8.23. The number of urea groups is 1. The Morgan fingerprint density at radius 1 is 1.58 bits per heavy atom. The molecule has 0 unspecified atom stereocenters. The van der Waals surface area contributed by atoms with Gasteiger partial charge >= 0.3 is 6.03 Å². The molecule has 0 aromatic heterocycles. The van der Waals surface area contributed by atoms with Crippen molar-refractivity contribution in [3.63, 3.8) is 0 Å². The number of thiocarbonyl (C=S) groups is 1. The molecule has 1 aliphatic rings. The van der Waals surface area contributed by atoms with Gasteiger partial charge in [-0.3, -0.25) is 4.90 Å². The zero-order valence-corrected chi connectivity index (χ0v) is 9.04. The fourth-order valence-corrected chi connectivity index (χ4v) is 2.08. The third kappa shape index (κ3) is 1.72. The van der Waals surface area contributed by atoms with E-state index in [4.69, 9.17) is 12.2 Å². The Kier molecular flexibility index (Phi) is 2.95. The predicted octanol–water partition coefficient (Wildman–Crippen LogP) is 1.74. The largest absolute Gasteiger partial charge is 0.326 e. The van der Waals surface area contributed by atoms with Gasteiger partial charge in [-0.05, 0) is 13.8 Å². The highest BCUT2D eigenvalue weighted by Crippen LogP contribution is 2.20. The second-order valence-electron chi connectivity index (χ2n) is 2.94. The van der Waals surface area contributed by atoms with E-state index in [1.807, 2.05) is 13.8 Å². The first-order valence-corrected chi connectivity index (χ1v) is 5.14. The Morgan fingerprint density at radius 2 is 2.17 bits per heavy atom. The van der Waals surface area contributed by atoms with Gasteiger partial charge in [0.2, 0.25) is 0 Å². The fourth-order valence-electron chi connectivity index (χ4n) is 0.918. The number of hydrogen-bond acceptors (Lipinski definition) is 3. The Labute approximate surface area is 82.1 Å². The maximum Gasteiger partial charge on any atom is 0.326 e. The van der Waals surface area contributed by atoms with Gasteiger partial charge < -0.3 is 4.90 Å². The summed E-state index contributed by atoms with van der Waals surface area (Å²) in [4.78, 5) is 14.8. The molecule has 1 fully saturated rings. The van der Waals surface area contributed by atoms with Crippen molar-refractivity contribution in [2.45, 2.75) is 19.9 Å². The molecule has 0 N–H and O–H groups in total. The Hall–Kier alpha value is -0.290. The summed E-state index contributed by atoms with van der Waals surface area (Å²) in [5.74, 6) is 0.680. The third-order valence-corrected chi connectivity index (χ3v) is 3.31. The van der Waals surface area contributed by atoms with Crippen LogP contribution in [0.5, 0.6) is 0 Å². The summed E-state index contributed by atoms with van der Waals surface area (Å²) in [6.45, 7) is 4.00. The van der Waals surface area contributed by atoms with E-state index in [0.717, 1.165) is 0 Å². The van der Waals surface area contributed by atoms with Crippen LogP contribution in [0, 0.1) is 0 Å². The highest BCUT2D eigenvalue weighted by Gasteiger charge is 2.28. The molecule has 3 nitrogen and oxygen atoms in total. The van der Waals surface area contributed by atoms with Gasteiger partial charge in [-0.15, -0.1) is 0 Å². The quantitative estimate of drug-likeness (QED) is 0.608. The zero-order chi connectivity index (χ0) is 9.30. The molecule has 0 saturated carbocycles. The monoisotopic (exact) mass is 204 g/mol. The molecular formula is C7H12N2OS2. The van der Waals surface area contributed by atoms with E-state index < -0.39 is 0 Å². The molecule has 0 spiro atoms. The fraction of sp³-hybridized carbons (Fsp3) is 0.714. The summed E-state index contributed by atoms with van der Waals surface area (Å²) in [6, 6.07) is 0.254. The maximum atomic E-state index is 11.5. The van der Waals surface area contributed by atoms with Crippen LogP contribution in [0.4, 0.5) is 4.79 Å². The van der Waals surface area contributed by atoms with E-state index in [0.29, 0.717) is 10.2 Å². The van der Waals surface area contributed by atoms with Gasteiger partial charge in [-0.25, -0.2) is 4.79 Å². The summed E-state index contributed by atoms with van der Waals surface area (Å²) >= 11 is 6.52. The minimum absolute atomic E-state index is 0.00810. The van der Waals surface area contributed by atoms with Crippen molar-refractivity contribution in [1.29, 1.82) is 0 Å². The summed E-state index contributed by atoms with van der Waals surface area (Å²) < 4.78 is 0.664. The van der Waals surface area contributed by atoms with Gasteiger partial charge in [0, 0.05) is 13.1 Å². The number of thioether (sulfide) groups is 1. The number of hydrogen-bond donors (Lipinski definition) is 0. The number of nitrogens with zero attached hydrogens (tertiary/aromatic N) is 2. The molecule has 0 aromatic rings. The first-order chi connectivity index (χ1) is 5.54. The first kappa shape index (κ1) is 9.80. The SMILES string of the molecule is CC(C)N1CSC(=S)N(C)C1=O. The van der Waals surface area contributed by atoms with Crippen molar-refractivity contribution in [2.75, 3.05) is 12.9 Å². The summed E-state index contributed by atoms with van der Waals surface area (Å²) in [6.07, 6.45) is 0. The van der Waals surface area contributed by atoms with Gasteiger partial charge in [-0.2, -0.15) is 0 Å². The molecule has 1 rings (SSSR count). The lowest BCUT2D eigenvalue weighted by Gasteiger charge is -2.35. The van der Waals surface area contributed by atoms with Gasteiger partial charge in [0.25, 0.3) is 0 Å². The topological polar surface area (TPSA) is 23.6 Å². The number of rotatable bonds is 1.